The van der Waals surface area contributed by atoms with Gasteiger partial charge in [0.1, 0.15) is 6.04 Å². The van der Waals surface area contributed by atoms with Crippen LogP contribution >= 0.6 is 0 Å². The Hall–Kier alpha value is -1.34. The molecule has 7 heteroatoms. The van der Waals surface area contributed by atoms with Crippen molar-refractivity contribution in [1.82, 2.24) is 9.80 Å². The Kier molecular flexibility index (Phi) is 5.36. The monoisotopic (exact) mass is 260 g/mol. The molecule has 0 aromatic rings. The molecule has 0 saturated carbocycles. The molecule has 7 nitrogen and oxygen atoms in total. The number of rotatable bonds is 5. The molecule has 0 radical (unpaired) electrons. The molecule has 1 heterocycles. The van der Waals surface area contributed by atoms with Crippen molar-refractivity contribution in [3.8, 4) is 0 Å². The van der Waals surface area contributed by atoms with Crippen molar-refractivity contribution < 1.29 is 24.9 Å². The third-order valence-electron chi connectivity index (χ3n) is 3.05. The minimum atomic E-state index is -1.10. The van der Waals surface area contributed by atoms with E-state index in [-0.39, 0.29) is 19.6 Å². The minimum absolute atomic E-state index is 0.0191. The van der Waals surface area contributed by atoms with E-state index in [9.17, 15) is 14.7 Å². The van der Waals surface area contributed by atoms with Gasteiger partial charge in [-0.1, -0.05) is 0 Å². The highest BCUT2D eigenvalue weighted by Crippen LogP contribution is 2.20. The summed E-state index contributed by atoms with van der Waals surface area (Å²) in [7, 11) is 0. The lowest BCUT2D eigenvalue weighted by atomic mass is 10.2. The summed E-state index contributed by atoms with van der Waals surface area (Å²) >= 11 is 0. The maximum atomic E-state index is 12.1. The molecule has 2 amide bonds. The van der Waals surface area contributed by atoms with E-state index in [0.717, 1.165) is 0 Å². The van der Waals surface area contributed by atoms with Crippen LogP contribution in [0.3, 0.4) is 0 Å². The van der Waals surface area contributed by atoms with Gasteiger partial charge in [0.25, 0.3) is 0 Å². The Morgan fingerprint density at radius 3 is 2.61 bits per heavy atom. The molecule has 1 aliphatic rings. The average molecular weight is 260 g/mol. The maximum Gasteiger partial charge on any atom is 0.326 e. The van der Waals surface area contributed by atoms with E-state index in [1.165, 1.54) is 9.80 Å². The van der Waals surface area contributed by atoms with Crippen LogP contribution in [0.15, 0.2) is 0 Å². The Morgan fingerprint density at radius 2 is 2.11 bits per heavy atom. The highest BCUT2D eigenvalue weighted by Gasteiger charge is 2.40. The Labute approximate surface area is 106 Å². The zero-order valence-electron chi connectivity index (χ0n) is 10.4. The van der Waals surface area contributed by atoms with E-state index in [4.69, 9.17) is 10.2 Å². The summed E-state index contributed by atoms with van der Waals surface area (Å²) in [5, 5.41) is 27.3. The van der Waals surface area contributed by atoms with Crippen LogP contribution < -0.4 is 0 Å². The quantitative estimate of drug-likeness (QED) is 0.608. The molecular weight excluding hydrogens is 240 g/mol. The zero-order chi connectivity index (χ0) is 13.7. The molecule has 3 N–H and O–H groups in total. The van der Waals surface area contributed by atoms with Crippen LogP contribution in [0.5, 0.6) is 0 Å². The number of aliphatic hydroxyl groups is 2. The molecule has 0 aromatic heterocycles. The standard InChI is InChI=1S/C11H20N2O5/c1-2-12(4-3-5-14)11(18)13-7-8(15)6-9(13)10(16)17/h8-9,14-15H,2-7H2,1H3,(H,16,17)/t8-,9-/m1/s1. The molecule has 0 bridgehead atoms. The number of aliphatic hydroxyl groups excluding tert-OH is 2. The van der Waals surface area contributed by atoms with E-state index >= 15 is 0 Å². The summed E-state index contributed by atoms with van der Waals surface area (Å²) in [6, 6.07) is -1.36. The molecule has 0 aliphatic carbocycles. The van der Waals surface area contributed by atoms with E-state index in [0.29, 0.717) is 19.5 Å². The molecule has 1 fully saturated rings. The third kappa shape index (κ3) is 3.33. The van der Waals surface area contributed by atoms with Crippen LogP contribution in [0.25, 0.3) is 0 Å². The summed E-state index contributed by atoms with van der Waals surface area (Å²) in [5.41, 5.74) is 0. The Balaban J connectivity index is 2.70. The number of amides is 2. The highest BCUT2D eigenvalue weighted by molar-refractivity contribution is 5.83. The summed E-state index contributed by atoms with van der Waals surface area (Å²) in [6.07, 6.45) is -0.265. The number of nitrogens with zero attached hydrogens (tertiary/aromatic N) is 2. The zero-order valence-corrected chi connectivity index (χ0v) is 10.4. The number of β-amino-alcohol motifs (C(OH)–C–C–N with tert-alkyl or cyclic N) is 1. The molecule has 1 aliphatic heterocycles. The van der Waals surface area contributed by atoms with Crippen molar-refractivity contribution in [1.29, 1.82) is 0 Å². The molecule has 1 rings (SSSR count). The molecule has 0 unspecified atom stereocenters. The Morgan fingerprint density at radius 1 is 1.44 bits per heavy atom. The number of hydrogen-bond acceptors (Lipinski definition) is 4. The minimum Gasteiger partial charge on any atom is -0.480 e. The number of hydrogen-bond donors (Lipinski definition) is 3. The van der Waals surface area contributed by atoms with Gasteiger partial charge in [-0.2, -0.15) is 0 Å². The molecule has 18 heavy (non-hydrogen) atoms. The van der Waals surface area contributed by atoms with Crippen molar-refractivity contribution in [2.45, 2.75) is 31.9 Å². The normalized spacial score (nSPS) is 23.2. The van der Waals surface area contributed by atoms with Crippen molar-refractivity contribution in [2.24, 2.45) is 0 Å². The maximum absolute atomic E-state index is 12.1. The van der Waals surface area contributed by atoms with Gasteiger partial charge >= 0.3 is 12.0 Å². The van der Waals surface area contributed by atoms with E-state index in [1.807, 2.05) is 0 Å². The first kappa shape index (κ1) is 14.7. The number of aliphatic carboxylic acids is 1. The largest absolute Gasteiger partial charge is 0.480 e. The fourth-order valence-electron chi connectivity index (χ4n) is 2.09. The van der Waals surface area contributed by atoms with E-state index in [1.54, 1.807) is 6.92 Å². The van der Waals surface area contributed by atoms with Crippen molar-refractivity contribution in [3.05, 3.63) is 0 Å². The van der Waals surface area contributed by atoms with Crippen LogP contribution in [0.1, 0.15) is 19.8 Å². The second kappa shape index (κ2) is 6.55. The average Bonchev–Trinajstić information content (AvgIpc) is 2.72. The molecule has 0 aromatic carbocycles. The van der Waals surface area contributed by atoms with E-state index < -0.39 is 24.1 Å². The van der Waals surface area contributed by atoms with Crippen LogP contribution in [0, 0.1) is 0 Å². The van der Waals surface area contributed by atoms with E-state index in [2.05, 4.69) is 0 Å². The number of urea groups is 1. The van der Waals surface area contributed by atoms with Gasteiger partial charge in [0, 0.05) is 32.7 Å². The summed E-state index contributed by atoms with van der Waals surface area (Å²) in [4.78, 5) is 25.8. The number of carboxylic acids is 1. The number of carboxylic acid groups (broad SMARTS) is 1. The smallest absolute Gasteiger partial charge is 0.326 e. The van der Waals surface area contributed by atoms with Gasteiger partial charge in [0.05, 0.1) is 6.10 Å². The van der Waals surface area contributed by atoms with Gasteiger partial charge in [0.2, 0.25) is 0 Å². The second-order valence-corrected chi connectivity index (χ2v) is 4.34. The fourth-order valence-corrected chi connectivity index (χ4v) is 2.09. The third-order valence-corrected chi connectivity index (χ3v) is 3.05. The number of carbonyl (C=O) groups excluding carboxylic acids is 1. The molecular formula is C11H20N2O5. The van der Waals surface area contributed by atoms with Crippen LogP contribution in [0.4, 0.5) is 4.79 Å². The Bertz CT molecular complexity index is 310. The van der Waals surface area contributed by atoms with Crippen molar-refractivity contribution >= 4 is 12.0 Å². The van der Waals surface area contributed by atoms with Crippen molar-refractivity contribution in [2.75, 3.05) is 26.2 Å². The van der Waals surface area contributed by atoms with Gasteiger partial charge in [-0.25, -0.2) is 9.59 Å². The fraction of sp³-hybridized carbons (Fsp3) is 0.818. The van der Waals surface area contributed by atoms with Crippen LogP contribution in [0.2, 0.25) is 0 Å². The molecule has 104 valence electrons. The number of carbonyl (C=O) groups is 2. The molecule has 1 saturated heterocycles. The highest BCUT2D eigenvalue weighted by atomic mass is 16.4. The van der Waals surface area contributed by atoms with Crippen LogP contribution in [-0.2, 0) is 4.79 Å². The van der Waals surface area contributed by atoms with Gasteiger partial charge in [-0.05, 0) is 13.3 Å². The number of likely N-dealkylation sites (tertiary alicyclic amines) is 1. The van der Waals surface area contributed by atoms with Crippen molar-refractivity contribution in [3.63, 3.8) is 0 Å². The molecule has 0 spiro atoms. The first-order valence-electron chi connectivity index (χ1n) is 6.08. The lowest BCUT2D eigenvalue weighted by molar-refractivity contribution is -0.141. The molecule has 2 atom stereocenters. The summed E-state index contributed by atoms with van der Waals surface area (Å²) in [6.45, 7) is 2.64. The van der Waals surface area contributed by atoms with Gasteiger partial charge in [-0.3, -0.25) is 0 Å². The first-order valence-corrected chi connectivity index (χ1v) is 6.08. The first-order chi connectivity index (χ1) is 8.51. The SMILES string of the molecule is CCN(CCCO)C(=O)N1C[C@H](O)C[C@@H]1C(=O)O. The topological polar surface area (TPSA) is 101 Å². The lowest BCUT2D eigenvalue weighted by Crippen LogP contribution is -2.48. The summed E-state index contributed by atoms with van der Waals surface area (Å²) in [5.74, 6) is -1.10. The summed E-state index contributed by atoms with van der Waals surface area (Å²) < 4.78 is 0. The van der Waals surface area contributed by atoms with Gasteiger partial charge in [-0.15, -0.1) is 0 Å². The predicted molar refractivity (Wildman–Crippen MR) is 63.1 cm³/mol. The predicted octanol–water partition coefficient (Wildman–Crippen LogP) is -0.669. The van der Waals surface area contributed by atoms with Gasteiger partial charge in [0.15, 0.2) is 0 Å². The van der Waals surface area contributed by atoms with Crippen LogP contribution in [-0.4, -0.2) is 75.5 Å². The van der Waals surface area contributed by atoms with Gasteiger partial charge < -0.3 is 25.1 Å². The lowest BCUT2D eigenvalue weighted by Gasteiger charge is -2.29. The second-order valence-electron chi connectivity index (χ2n) is 4.34.